The standard InChI is InChI=1S/2C9H13.Zr/c1-6-5-7(2)9(4)8(6)3;1-9(2,3)8-6-4-5-7-8;/h5H,1-4H3;6-7H,4H2,1-3H3;. The van der Waals surface area contributed by atoms with Crippen molar-refractivity contribution in [3.05, 3.63) is 43.8 Å². The summed E-state index contributed by atoms with van der Waals surface area (Å²) in [5.41, 5.74) is 6.52. The molecule has 0 nitrogen and oxygen atoms in total. The fourth-order valence-electron chi connectivity index (χ4n) is 2.93. The van der Waals surface area contributed by atoms with Gasteiger partial charge in [0.2, 0.25) is 0 Å². The maximum atomic E-state index is 2.54. The van der Waals surface area contributed by atoms with Crippen LogP contribution in [0.4, 0.5) is 0 Å². The van der Waals surface area contributed by atoms with Crippen LogP contribution in [0.15, 0.2) is 43.8 Å². The van der Waals surface area contributed by atoms with Crippen molar-refractivity contribution in [2.45, 2.75) is 58.0 Å². The predicted molar refractivity (Wildman–Crippen MR) is 80.7 cm³/mol. The molecule has 0 aliphatic heterocycles. The summed E-state index contributed by atoms with van der Waals surface area (Å²) in [4.78, 5) is 0. The van der Waals surface area contributed by atoms with E-state index < -0.39 is 23.2 Å². The minimum absolute atomic E-state index is 0.310. The molecule has 0 heterocycles. The van der Waals surface area contributed by atoms with Crippen molar-refractivity contribution in [3.8, 4) is 0 Å². The first-order chi connectivity index (χ1) is 8.63. The molecule has 2 aliphatic carbocycles. The second-order valence-electron chi connectivity index (χ2n) is 7.19. The molecule has 0 saturated heterocycles. The summed E-state index contributed by atoms with van der Waals surface area (Å²) >= 11 is -0.578. The van der Waals surface area contributed by atoms with Crippen molar-refractivity contribution in [2.75, 3.05) is 0 Å². The van der Waals surface area contributed by atoms with Gasteiger partial charge in [-0.3, -0.25) is 0 Å². The summed E-state index contributed by atoms with van der Waals surface area (Å²) in [5, 5.41) is 0. The van der Waals surface area contributed by atoms with E-state index >= 15 is 0 Å². The Morgan fingerprint density at radius 3 is 2.21 bits per heavy atom. The predicted octanol–water partition coefficient (Wildman–Crippen LogP) is 5.80. The van der Waals surface area contributed by atoms with Gasteiger partial charge in [-0.25, -0.2) is 0 Å². The van der Waals surface area contributed by atoms with Gasteiger partial charge in [-0.2, -0.15) is 0 Å². The van der Waals surface area contributed by atoms with Gasteiger partial charge in [0.25, 0.3) is 0 Å². The van der Waals surface area contributed by atoms with Gasteiger partial charge in [0.05, 0.1) is 0 Å². The minimum atomic E-state index is -0.578. The van der Waals surface area contributed by atoms with Crippen LogP contribution in [0.3, 0.4) is 0 Å². The number of rotatable bonds is 2. The van der Waals surface area contributed by atoms with Crippen LogP contribution in [-0.2, 0) is 23.2 Å². The fraction of sp³-hybridized carbons (Fsp3) is 0.556. The van der Waals surface area contributed by atoms with Crippen molar-refractivity contribution in [3.63, 3.8) is 0 Å². The zero-order valence-corrected chi connectivity index (χ0v) is 15.9. The molecule has 0 radical (unpaired) electrons. The summed E-state index contributed by atoms with van der Waals surface area (Å²) in [6.45, 7) is 16.3. The second-order valence-corrected chi connectivity index (χ2v) is 11.9. The molecule has 2 rings (SSSR count). The molecule has 0 spiro atoms. The van der Waals surface area contributed by atoms with Crippen molar-refractivity contribution in [1.82, 2.24) is 0 Å². The van der Waals surface area contributed by atoms with Gasteiger partial charge in [0.1, 0.15) is 0 Å². The molecular weight excluding hydrogens is 307 g/mol. The first kappa shape index (κ1) is 15.2. The van der Waals surface area contributed by atoms with E-state index in [0.717, 1.165) is 0 Å². The Hall–Kier alpha value is -0.157. The van der Waals surface area contributed by atoms with Crippen LogP contribution in [0.2, 0.25) is 3.12 Å². The Bertz CT molecular complexity index is 520. The Kier molecular flexibility index (Phi) is 4.00. The quantitative estimate of drug-likeness (QED) is 0.598. The summed E-state index contributed by atoms with van der Waals surface area (Å²) in [5.74, 6) is 0. The van der Waals surface area contributed by atoms with E-state index in [1.165, 1.54) is 17.6 Å². The normalized spacial score (nSPS) is 27.4. The molecule has 0 N–H and O–H groups in total. The third-order valence-electron chi connectivity index (χ3n) is 4.60. The molecule has 1 atom stereocenters. The molecular formula is C18H26Zr. The van der Waals surface area contributed by atoms with E-state index in [9.17, 15) is 0 Å². The molecule has 2 aliphatic rings. The molecule has 1 heteroatoms. The zero-order chi connectivity index (χ0) is 14.4. The Labute approximate surface area is 130 Å². The number of allylic oxidation sites excluding steroid dienone is 8. The van der Waals surface area contributed by atoms with Gasteiger partial charge in [-0.1, -0.05) is 0 Å². The van der Waals surface area contributed by atoms with E-state index in [2.05, 4.69) is 66.7 Å². The van der Waals surface area contributed by atoms with Gasteiger partial charge in [0.15, 0.2) is 0 Å². The van der Waals surface area contributed by atoms with Gasteiger partial charge in [-0.05, 0) is 0 Å². The van der Waals surface area contributed by atoms with E-state index in [4.69, 9.17) is 0 Å². The second kappa shape index (κ2) is 4.99. The fourth-order valence-corrected chi connectivity index (χ4v) is 7.27. The molecule has 102 valence electrons. The third kappa shape index (κ3) is 2.97. The van der Waals surface area contributed by atoms with Gasteiger partial charge < -0.3 is 0 Å². The molecule has 0 aromatic rings. The van der Waals surface area contributed by atoms with Crippen molar-refractivity contribution < 1.29 is 23.2 Å². The Balaban J connectivity index is 2.18. The zero-order valence-electron chi connectivity index (χ0n) is 13.4. The summed E-state index contributed by atoms with van der Waals surface area (Å²) in [7, 11) is 0. The Morgan fingerprint density at radius 1 is 1.16 bits per heavy atom. The topological polar surface area (TPSA) is 0 Å². The third-order valence-corrected chi connectivity index (χ3v) is 8.80. The van der Waals surface area contributed by atoms with E-state index in [1.807, 2.05) is 0 Å². The van der Waals surface area contributed by atoms with E-state index in [1.54, 1.807) is 14.4 Å². The van der Waals surface area contributed by atoms with Crippen LogP contribution in [-0.4, -0.2) is 0 Å². The van der Waals surface area contributed by atoms with Gasteiger partial charge in [0, 0.05) is 0 Å². The van der Waals surface area contributed by atoms with Crippen molar-refractivity contribution in [1.29, 1.82) is 0 Å². The molecule has 19 heavy (non-hydrogen) atoms. The number of hydrogen-bond donors (Lipinski definition) is 0. The van der Waals surface area contributed by atoms with E-state index in [0.29, 0.717) is 8.54 Å². The first-order valence-electron chi connectivity index (χ1n) is 7.21. The average molecular weight is 334 g/mol. The van der Waals surface area contributed by atoms with Crippen LogP contribution < -0.4 is 0 Å². The molecule has 0 fully saturated rings. The molecule has 0 aromatic heterocycles. The SMILES string of the molecule is CC1=C[C](C)([Zr][C]2=CC(C(C)(C)C)=CC2)C(C)=C1C. The maximum absolute atomic E-state index is 2.54. The summed E-state index contributed by atoms with van der Waals surface area (Å²) in [6.07, 6.45) is 8.73. The summed E-state index contributed by atoms with van der Waals surface area (Å²) < 4.78 is 2.17. The first-order valence-corrected chi connectivity index (χ1v) is 9.66. The van der Waals surface area contributed by atoms with Crippen LogP contribution in [0.25, 0.3) is 0 Å². The van der Waals surface area contributed by atoms with Gasteiger partial charge in [-0.15, -0.1) is 0 Å². The molecule has 0 amide bonds. The molecule has 0 bridgehead atoms. The molecule has 0 saturated carbocycles. The van der Waals surface area contributed by atoms with Crippen LogP contribution in [0.5, 0.6) is 0 Å². The average Bonchev–Trinajstić information content (AvgIpc) is 2.80. The van der Waals surface area contributed by atoms with Crippen LogP contribution in [0.1, 0.15) is 54.9 Å². The molecule has 1 unspecified atom stereocenters. The van der Waals surface area contributed by atoms with Crippen molar-refractivity contribution >= 4 is 0 Å². The van der Waals surface area contributed by atoms with Gasteiger partial charge >= 0.3 is 130 Å². The Morgan fingerprint density at radius 2 is 1.79 bits per heavy atom. The van der Waals surface area contributed by atoms with Crippen LogP contribution in [0, 0.1) is 5.41 Å². The monoisotopic (exact) mass is 332 g/mol. The van der Waals surface area contributed by atoms with Crippen molar-refractivity contribution in [2.24, 2.45) is 5.41 Å². The number of hydrogen-bond acceptors (Lipinski definition) is 0. The summed E-state index contributed by atoms with van der Waals surface area (Å²) in [6, 6.07) is 0. The van der Waals surface area contributed by atoms with Crippen LogP contribution >= 0.6 is 0 Å². The van der Waals surface area contributed by atoms with E-state index in [-0.39, 0.29) is 0 Å². The molecule has 0 aromatic carbocycles.